The minimum Gasteiger partial charge on any atom is -0.356 e. The minimum absolute atomic E-state index is 0.446. The normalized spacial score (nSPS) is 17.4. The average molecular weight is 433 g/mol. The van der Waals surface area contributed by atoms with Gasteiger partial charge in [-0.2, -0.15) is 14.8 Å². The van der Waals surface area contributed by atoms with Gasteiger partial charge < -0.3 is 15.3 Å². The predicted molar refractivity (Wildman–Crippen MR) is 113 cm³/mol. The predicted octanol–water partition coefficient (Wildman–Crippen LogP) is 4.82. The largest absolute Gasteiger partial charge is 0.372 e. The van der Waals surface area contributed by atoms with E-state index >= 15 is 0 Å². The average Bonchev–Trinajstić information content (AvgIpc) is 3.06. The molecule has 1 unspecified atom stereocenters. The molecule has 0 bridgehead atoms. The lowest BCUT2D eigenvalue weighted by atomic mass is 10.00. The molecule has 0 amide bonds. The van der Waals surface area contributed by atoms with Crippen molar-refractivity contribution in [3.63, 3.8) is 0 Å². The zero-order chi connectivity index (χ0) is 21.4. The first-order valence-corrected chi connectivity index (χ1v) is 9.54. The summed E-state index contributed by atoms with van der Waals surface area (Å²) in [4.78, 5) is 12.9. The summed E-state index contributed by atoms with van der Waals surface area (Å²) in [6.07, 6.45) is 3.75. The summed E-state index contributed by atoms with van der Waals surface area (Å²) in [6.45, 7) is 2.84. The molecule has 1 atom stereocenters. The van der Waals surface area contributed by atoms with Crippen molar-refractivity contribution in [1.82, 2.24) is 0 Å². The SMILES string of the molecule is CCCC[N+]1=C(c2ccccc2)C=NC1(C#N)c1ccc(Cl)cc1Cl.O=[N+]([O-])[O-]. The number of halogens is 2. The topological polar surface area (TPSA) is 105 Å². The van der Waals surface area contributed by atoms with Gasteiger partial charge in [0.25, 0.3) is 0 Å². The van der Waals surface area contributed by atoms with E-state index in [1.165, 1.54) is 0 Å². The van der Waals surface area contributed by atoms with Crippen molar-refractivity contribution >= 4 is 35.1 Å². The van der Waals surface area contributed by atoms with E-state index < -0.39 is 10.7 Å². The molecule has 0 N–H and O–H groups in total. The Morgan fingerprint density at radius 1 is 1.21 bits per heavy atom. The quantitative estimate of drug-likeness (QED) is 0.383. The first kappa shape index (κ1) is 22.3. The van der Waals surface area contributed by atoms with Gasteiger partial charge in [0, 0.05) is 17.0 Å². The highest BCUT2D eigenvalue weighted by molar-refractivity contribution is 6.37. The molecular weight excluding hydrogens is 415 g/mol. The molecule has 0 spiro atoms. The first-order chi connectivity index (χ1) is 13.9. The van der Waals surface area contributed by atoms with Crippen LogP contribution in [-0.2, 0) is 5.66 Å². The van der Waals surface area contributed by atoms with E-state index in [2.05, 4.69) is 18.0 Å². The molecule has 0 aliphatic carbocycles. The molecule has 0 fully saturated rings. The number of hydrogen-bond donors (Lipinski definition) is 0. The van der Waals surface area contributed by atoms with E-state index in [4.69, 9.17) is 38.5 Å². The maximum Gasteiger partial charge on any atom is 0.372 e. The van der Waals surface area contributed by atoms with Gasteiger partial charge in [-0.3, -0.25) is 0 Å². The molecule has 3 rings (SSSR count). The third kappa shape index (κ3) is 5.11. The van der Waals surface area contributed by atoms with E-state index in [-0.39, 0.29) is 0 Å². The molecule has 0 aromatic heterocycles. The summed E-state index contributed by atoms with van der Waals surface area (Å²) in [5.41, 5.74) is 1.45. The zero-order valence-corrected chi connectivity index (χ0v) is 17.1. The summed E-state index contributed by atoms with van der Waals surface area (Å²) in [5, 5.41) is 25.8. The molecule has 0 saturated carbocycles. The summed E-state index contributed by atoms with van der Waals surface area (Å²) in [6, 6.07) is 17.6. The van der Waals surface area contributed by atoms with Crippen LogP contribution in [-0.4, -0.2) is 28.1 Å². The molecule has 150 valence electrons. The monoisotopic (exact) mass is 432 g/mol. The van der Waals surface area contributed by atoms with Crippen molar-refractivity contribution < 1.29 is 9.66 Å². The third-order valence-corrected chi connectivity index (χ3v) is 4.87. The van der Waals surface area contributed by atoms with Crippen LogP contribution in [0.25, 0.3) is 0 Å². The summed E-state index contributed by atoms with van der Waals surface area (Å²) in [7, 11) is 0. The molecule has 0 saturated heterocycles. The van der Waals surface area contributed by atoms with Crippen LogP contribution in [0.2, 0.25) is 10.0 Å². The second kappa shape index (κ2) is 10.0. The minimum atomic E-state index is -1.75. The van der Waals surface area contributed by atoms with Gasteiger partial charge in [0.05, 0.1) is 15.7 Å². The van der Waals surface area contributed by atoms with Gasteiger partial charge >= 0.3 is 5.66 Å². The Morgan fingerprint density at radius 2 is 1.86 bits per heavy atom. The van der Waals surface area contributed by atoms with E-state index in [9.17, 15) is 5.26 Å². The fraction of sp³-hybridized carbons (Fsp3) is 0.250. The second-order valence-electron chi connectivity index (χ2n) is 6.15. The molecule has 29 heavy (non-hydrogen) atoms. The Kier molecular flexibility index (Phi) is 7.71. The number of hydrogen-bond acceptors (Lipinski definition) is 5. The van der Waals surface area contributed by atoms with Crippen molar-refractivity contribution in [3.8, 4) is 6.07 Å². The van der Waals surface area contributed by atoms with Crippen LogP contribution in [0.4, 0.5) is 0 Å². The summed E-state index contributed by atoms with van der Waals surface area (Å²) in [5.74, 6) is 0. The Balaban J connectivity index is 0.000000687. The summed E-state index contributed by atoms with van der Waals surface area (Å²) < 4.78 is 2.04. The van der Waals surface area contributed by atoms with Crippen LogP contribution < -0.4 is 0 Å². The molecule has 1 aliphatic heterocycles. The second-order valence-corrected chi connectivity index (χ2v) is 6.99. The van der Waals surface area contributed by atoms with Crippen molar-refractivity contribution in [1.29, 1.82) is 5.26 Å². The van der Waals surface area contributed by atoms with Crippen molar-refractivity contribution in [2.75, 3.05) is 6.54 Å². The molecule has 9 heteroatoms. The zero-order valence-electron chi connectivity index (χ0n) is 15.6. The lowest BCUT2D eigenvalue weighted by Crippen LogP contribution is -2.37. The lowest BCUT2D eigenvalue weighted by molar-refractivity contribution is -0.595. The number of nitriles is 1. The van der Waals surface area contributed by atoms with E-state index in [0.29, 0.717) is 22.2 Å². The fourth-order valence-electron chi connectivity index (χ4n) is 3.04. The Morgan fingerprint density at radius 3 is 2.41 bits per heavy atom. The van der Waals surface area contributed by atoms with Gasteiger partial charge in [0.2, 0.25) is 5.71 Å². The molecule has 1 aliphatic rings. The fourth-order valence-corrected chi connectivity index (χ4v) is 3.58. The van der Waals surface area contributed by atoms with Crippen molar-refractivity contribution in [3.05, 3.63) is 85.0 Å². The molecule has 2 aromatic carbocycles. The molecule has 2 aromatic rings. The number of benzene rings is 2. The van der Waals surface area contributed by atoms with Crippen LogP contribution in [0.15, 0.2) is 53.5 Å². The highest BCUT2D eigenvalue weighted by atomic mass is 35.5. The Labute approximate surface area is 178 Å². The van der Waals surface area contributed by atoms with Crippen molar-refractivity contribution in [2.24, 2.45) is 4.99 Å². The van der Waals surface area contributed by atoms with E-state index in [1.807, 2.05) is 34.9 Å². The Bertz CT molecular complexity index is 983. The van der Waals surface area contributed by atoms with Gasteiger partial charge in [0.15, 0.2) is 6.07 Å². The van der Waals surface area contributed by atoms with Crippen molar-refractivity contribution in [2.45, 2.75) is 25.4 Å². The molecule has 7 nitrogen and oxygen atoms in total. The number of rotatable bonds is 5. The van der Waals surface area contributed by atoms with Crippen LogP contribution in [0.1, 0.15) is 30.9 Å². The first-order valence-electron chi connectivity index (χ1n) is 8.79. The summed E-state index contributed by atoms with van der Waals surface area (Å²) >= 11 is 12.5. The number of unbranched alkanes of at least 4 members (excludes halogenated alkanes) is 1. The van der Waals surface area contributed by atoms with Gasteiger partial charge in [-0.05, 0) is 30.3 Å². The third-order valence-electron chi connectivity index (χ3n) is 4.32. The van der Waals surface area contributed by atoms with Crippen LogP contribution in [0.5, 0.6) is 0 Å². The van der Waals surface area contributed by atoms with Gasteiger partial charge in [0.1, 0.15) is 12.8 Å². The maximum absolute atomic E-state index is 10.1. The van der Waals surface area contributed by atoms with Crippen LogP contribution in [0, 0.1) is 26.7 Å². The lowest BCUT2D eigenvalue weighted by Gasteiger charge is -2.19. The van der Waals surface area contributed by atoms with Gasteiger partial charge in [-0.25, -0.2) is 0 Å². The molecule has 1 heterocycles. The molecule has 0 radical (unpaired) electrons. The molecular formula is C20H18Cl2N4O3. The number of aliphatic imine (C=N–C) groups is 1. The van der Waals surface area contributed by atoms with Crippen LogP contribution >= 0.6 is 23.2 Å². The highest BCUT2D eigenvalue weighted by Gasteiger charge is 2.50. The van der Waals surface area contributed by atoms with E-state index in [0.717, 1.165) is 24.1 Å². The Hall–Kier alpha value is -2.95. The van der Waals surface area contributed by atoms with Crippen LogP contribution in [0.3, 0.4) is 0 Å². The highest BCUT2D eigenvalue weighted by Crippen LogP contribution is 2.36. The smallest absolute Gasteiger partial charge is 0.356 e. The van der Waals surface area contributed by atoms with E-state index in [1.54, 1.807) is 24.4 Å². The van der Waals surface area contributed by atoms with Gasteiger partial charge in [-0.15, -0.1) is 0 Å². The van der Waals surface area contributed by atoms with Gasteiger partial charge in [-0.1, -0.05) is 54.7 Å². The maximum atomic E-state index is 10.1. The standard InChI is InChI=1S/C20H18Cl2N3.NO3/c1-2-3-11-25-19(15-7-5-4-6-8-15)13-24-20(25,14-23)17-10-9-16(21)12-18(17)22;2-1(3)4/h4-10,12-13H,2-3,11H2,1H3;/q+1;-1. The number of nitrogens with zero attached hydrogens (tertiary/aromatic N) is 4.